The molecule has 0 fully saturated rings. The Morgan fingerprint density at radius 1 is 1.53 bits per heavy atom. The highest BCUT2D eigenvalue weighted by molar-refractivity contribution is 9.10. The lowest BCUT2D eigenvalue weighted by atomic mass is 10.2. The fraction of sp³-hybridized carbons (Fsp3) is 0.455. The summed E-state index contributed by atoms with van der Waals surface area (Å²) < 4.78 is 0.995. The molecule has 1 rings (SSSR count). The largest absolute Gasteiger partial charge is 0.393 e. The van der Waals surface area contributed by atoms with Gasteiger partial charge in [0.25, 0.3) is 0 Å². The lowest BCUT2D eigenvalue weighted by molar-refractivity contribution is 0.189. The first kappa shape index (κ1) is 12.8. The van der Waals surface area contributed by atoms with Crippen molar-refractivity contribution in [1.29, 1.82) is 0 Å². The molecule has 0 aromatic heterocycles. The Balaban J connectivity index is 2.65. The van der Waals surface area contributed by atoms with Crippen LogP contribution in [-0.2, 0) is 0 Å². The van der Waals surface area contributed by atoms with Crippen molar-refractivity contribution in [2.45, 2.75) is 26.4 Å². The Hall–Kier alpha value is -0.250. The first-order valence-electron chi connectivity index (χ1n) is 4.88. The van der Waals surface area contributed by atoms with E-state index >= 15 is 0 Å². The number of hydrogen-bond donors (Lipinski definition) is 2. The minimum Gasteiger partial charge on any atom is -0.393 e. The van der Waals surface area contributed by atoms with Crippen LogP contribution in [-0.4, -0.2) is 17.8 Å². The van der Waals surface area contributed by atoms with E-state index in [1.54, 1.807) is 6.92 Å². The van der Waals surface area contributed by atoms with Gasteiger partial charge in [-0.2, -0.15) is 0 Å². The van der Waals surface area contributed by atoms with Crippen molar-refractivity contribution in [3.05, 3.63) is 27.2 Å². The molecule has 84 valence electrons. The molecule has 1 aromatic carbocycles. The second-order valence-corrected chi connectivity index (χ2v) is 4.91. The summed E-state index contributed by atoms with van der Waals surface area (Å²) in [7, 11) is 0. The first-order valence-corrected chi connectivity index (χ1v) is 6.05. The number of hydrogen-bond acceptors (Lipinski definition) is 2. The van der Waals surface area contributed by atoms with Gasteiger partial charge >= 0.3 is 0 Å². The van der Waals surface area contributed by atoms with E-state index in [4.69, 9.17) is 16.7 Å². The van der Waals surface area contributed by atoms with Gasteiger partial charge in [0, 0.05) is 21.7 Å². The van der Waals surface area contributed by atoms with Crippen molar-refractivity contribution in [3.63, 3.8) is 0 Å². The summed E-state index contributed by atoms with van der Waals surface area (Å²) >= 11 is 9.48. The Bertz CT molecular complexity index is 342. The van der Waals surface area contributed by atoms with Crippen LogP contribution in [0, 0.1) is 6.92 Å². The van der Waals surface area contributed by atoms with Gasteiger partial charge < -0.3 is 10.4 Å². The highest BCUT2D eigenvalue weighted by Crippen LogP contribution is 2.29. The van der Waals surface area contributed by atoms with E-state index < -0.39 is 0 Å². The van der Waals surface area contributed by atoms with E-state index in [1.165, 1.54) is 0 Å². The summed E-state index contributed by atoms with van der Waals surface area (Å²) in [6.07, 6.45) is 0.440. The minimum atomic E-state index is -0.280. The molecule has 0 bridgehead atoms. The molecule has 1 atom stereocenters. The number of benzene rings is 1. The van der Waals surface area contributed by atoms with Crippen molar-refractivity contribution in [2.75, 3.05) is 11.9 Å². The third-order valence-corrected chi connectivity index (χ3v) is 3.19. The first-order chi connectivity index (χ1) is 7.00. The quantitative estimate of drug-likeness (QED) is 0.889. The smallest absolute Gasteiger partial charge is 0.0528 e. The van der Waals surface area contributed by atoms with E-state index in [0.29, 0.717) is 0 Å². The molecule has 1 aromatic rings. The fourth-order valence-corrected chi connectivity index (χ4v) is 1.96. The van der Waals surface area contributed by atoms with Crippen molar-refractivity contribution >= 4 is 33.2 Å². The number of aliphatic hydroxyl groups excluding tert-OH is 1. The van der Waals surface area contributed by atoms with Gasteiger partial charge in [0.15, 0.2) is 0 Å². The number of aliphatic hydroxyl groups is 1. The van der Waals surface area contributed by atoms with Crippen LogP contribution < -0.4 is 5.32 Å². The van der Waals surface area contributed by atoms with Gasteiger partial charge in [0.2, 0.25) is 0 Å². The normalized spacial score (nSPS) is 12.6. The molecule has 2 N–H and O–H groups in total. The molecular formula is C11H15BrClNO. The molecule has 2 nitrogen and oxygen atoms in total. The maximum absolute atomic E-state index is 9.12. The van der Waals surface area contributed by atoms with Gasteiger partial charge in [-0.25, -0.2) is 0 Å². The second kappa shape index (κ2) is 5.73. The minimum absolute atomic E-state index is 0.280. The van der Waals surface area contributed by atoms with Crippen LogP contribution in [0.3, 0.4) is 0 Å². The Morgan fingerprint density at radius 2 is 2.20 bits per heavy atom. The molecule has 0 saturated carbocycles. The topological polar surface area (TPSA) is 32.3 Å². The Labute approximate surface area is 104 Å². The average Bonchev–Trinajstić information content (AvgIpc) is 2.13. The predicted octanol–water partition coefficient (Wildman–Crippen LogP) is 3.59. The van der Waals surface area contributed by atoms with Crippen LogP contribution >= 0.6 is 27.5 Å². The lowest BCUT2D eigenvalue weighted by Gasteiger charge is -2.11. The monoisotopic (exact) mass is 291 g/mol. The van der Waals surface area contributed by atoms with Crippen molar-refractivity contribution in [1.82, 2.24) is 0 Å². The molecule has 15 heavy (non-hydrogen) atoms. The van der Waals surface area contributed by atoms with Gasteiger partial charge in [-0.05, 0) is 53.9 Å². The summed E-state index contributed by atoms with van der Waals surface area (Å²) in [5, 5.41) is 13.1. The van der Waals surface area contributed by atoms with Crippen LogP contribution in [0.5, 0.6) is 0 Å². The molecule has 0 aliphatic rings. The molecule has 0 saturated heterocycles. The Morgan fingerprint density at radius 3 is 2.80 bits per heavy atom. The fourth-order valence-electron chi connectivity index (χ4n) is 1.20. The molecule has 0 heterocycles. The summed E-state index contributed by atoms with van der Waals surface area (Å²) in [5.74, 6) is 0. The van der Waals surface area contributed by atoms with Crippen molar-refractivity contribution < 1.29 is 5.11 Å². The molecule has 1 unspecified atom stereocenters. The van der Waals surface area contributed by atoms with Gasteiger partial charge in [-0.1, -0.05) is 11.6 Å². The van der Waals surface area contributed by atoms with Gasteiger partial charge in [-0.3, -0.25) is 0 Å². The van der Waals surface area contributed by atoms with Gasteiger partial charge in [-0.15, -0.1) is 0 Å². The predicted molar refractivity (Wildman–Crippen MR) is 68.7 cm³/mol. The van der Waals surface area contributed by atoms with Crippen LogP contribution in [0.1, 0.15) is 18.9 Å². The van der Waals surface area contributed by atoms with E-state index in [1.807, 2.05) is 19.1 Å². The maximum atomic E-state index is 9.12. The number of anilines is 1. The zero-order valence-corrected chi connectivity index (χ0v) is 11.2. The summed E-state index contributed by atoms with van der Waals surface area (Å²) in [4.78, 5) is 0. The van der Waals surface area contributed by atoms with Crippen LogP contribution in [0.15, 0.2) is 16.6 Å². The molecule has 0 aliphatic heterocycles. The second-order valence-electron chi connectivity index (χ2n) is 3.65. The molecular weight excluding hydrogens is 277 g/mol. The molecule has 4 heteroatoms. The standard InChI is InChI=1S/C11H15BrClNO/c1-7-5-9(12)11(6-10(7)13)14-4-3-8(2)15/h5-6,8,14-15H,3-4H2,1-2H3. The highest BCUT2D eigenvalue weighted by Gasteiger charge is 2.04. The number of halogens is 2. The van der Waals surface area contributed by atoms with Crippen LogP contribution in [0.2, 0.25) is 5.02 Å². The maximum Gasteiger partial charge on any atom is 0.0528 e. The summed E-state index contributed by atoms with van der Waals surface area (Å²) in [6.45, 7) is 4.47. The number of aryl methyl sites for hydroxylation is 1. The van der Waals surface area contributed by atoms with Gasteiger partial charge in [0.1, 0.15) is 0 Å². The number of nitrogens with one attached hydrogen (secondary N) is 1. The van der Waals surface area contributed by atoms with E-state index in [0.717, 1.165) is 33.7 Å². The Kier molecular flexibility index (Phi) is 4.90. The SMILES string of the molecule is Cc1cc(Br)c(NCCC(C)O)cc1Cl. The van der Waals surface area contributed by atoms with Crippen molar-refractivity contribution in [2.24, 2.45) is 0 Å². The van der Waals surface area contributed by atoms with E-state index in [2.05, 4.69) is 21.2 Å². The lowest BCUT2D eigenvalue weighted by Crippen LogP contribution is -2.10. The third-order valence-electron chi connectivity index (χ3n) is 2.13. The van der Waals surface area contributed by atoms with Crippen molar-refractivity contribution in [3.8, 4) is 0 Å². The molecule has 0 spiro atoms. The molecule has 0 amide bonds. The van der Waals surface area contributed by atoms with E-state index in [-0.39, 0.29) is 6.10 Å². The van der Waals surface area contributed by atoms with Crippen LogP contribution in [0.4, 0.5) is 5.69 Å². The molecule has 0 aliphatic carbocycles. The average molecular weight is 293 g/mol. The van der Waals surface area contributed by atoms with E-state index in [9.17, 15) is 0 Å². The zero-order valence-electron chi connectivity index (χ0n) is 8.85. The summed E-state index contributed by atoms with van der Waals surface area (Å²) in [6, 6.07) is 3.87. The number of rotatable bonds is 4. The summed E-state index contributed by atoms with van der Waals surface area (Å²) in [5.41, 5.74) is 2.01. The zero-order chi connectivity index (χ0) is 11.4. The highest BCUT2D eigenvalue weighted by atomic mass is 79.9. The van der Waals surface area contributed by atoms with Gasteiger partial charge in [0.05, 0.1) is 6.10 Å². The van der Waals surface area contributed by atoms with Crippen LogP contribution in [0.25, 0.3) is 0 Å². The molecule has 0 radical (unpaired) electrons. The third kappa shape index (κ3) is 4.01.